The lowest BCUT2D eigenvalue weighted by Crippen LogP contribution is -2.46. The van der Waals surface area contributed by atoms with E-state index in [-0.39, 0.29) is 0 Å². The Hall–Kier alpha value is -4.95. The molecule has 0 atom stereocenters. The van der Waals surface area contributed by atoms with Crippen LogP contribution in [0.1, 0.15) is 0 Å². The second-order valence-corrected chi connectivity index (χ2v) is 4.58. The first kappa shape index (κ1) is 25.0. The number of rotatable bonds is 14. The summed E-state index contributed by atoms with van der Waals surface area (Å²) >= 11 is 0. The zero-order valence-electron chi connectivity index (χ0n) is 13.8. The topological polar surface area (TPSA) is 256 Å². The molecule has 15 nitrogen and oxygen atoms in total. The largest absolute Gasteiger partial charge is 0.294 e. The van der Waals surface area contributed by atoms with E-state index in [1.165, 1.54) is 0 Å². The Kier molecular flexibility index (Phi) is 8.21. The molecule has 0 N–H and O–H groups in total. The van der Waals surface area contributed by atoms with Crippen molar-refractivity contribution >= 4 is 87.8 Å². The molecule has 0 amide bonds. The van der Waals surface area contributed by atoms with Gasteiger partial charge in [-0.15, -0.1) is 0 Å². The number of hydrogen-bond donors (Lipinski definition) is 0. The van der Waals surface area contributed by atoms with Crippen molar-refractivity contribution in [1.29, 1.82) is 0 Å². The van der Waals surface area contributed by atoms with Crippen LogP contribution in [0.15, 0.2) is 0 Å². The summed E-state index contributed by atoms with van der Waals surface area (Å²) in [5.74, 6) is -33.1. The fourth-order valence-corrected chi connectivity index (χ4v) is 1.26. The summed E-state index contributed by atoms with van der Waals surface area (Å²) in [6.07, 6.45) is -1.46. The Morgan fingerprint density at radius 1 is 0.267 bits per heavy atom. The molecule has 0 unspecified atom stereocenters. The maximum Gasteiger partial charge on any atom is 0.281 e. The summed E-state index contributed by atoms with van der Waals surface area (Å²) in [5.41, 5.74) is 0. The number of aldehydes is 2. The maximum atomic E-state index is 11.4. The second-order valence-electron chi connectivity index (χ2n) is 4.58. The first-order valence-electron chi connectivity index (χ1n) is 6.70. The van der Waals surface area contributed by atoms with E-state index in [1.54, 1.807) is 0 Å². The highest BCUT2D eigenvalue weighted by atomic mass is 16.2. The zero-order valence-corrected chi connectivity index (χ0v) is 13.8. The number of Topliss-reactive ketones (excluding diaryl/α,β-unsaturated/α-hetero) is 13. The van der Waals surface area contributed by atoms with Crippen molar-refractivity contribution in [2.45, 2.75) is 0 Å². The van der Waals surface area contributed by atoms with Gasteiger partial charge < -0.3 is 0 Å². The van der Waals surface area contributed by atoms with Gasteiger partial charge >= 0.3 is 0 Å². The number of carbonyl (C=O) groups is 15. The Bertz CT molecular complexity index is 966. The smallest absolute Gasteiger partial charge is 0.281 e. The molecule has 0 heterocycles. The summed E-state index contributed by atoms with van der Waals surface area (Å²) in [5, 5.41) is 0. The average molecular weight is 422 g/mol. The highest BCUT2D eigenvalue weighted by Crippen LogP contribution is 1.94. The van der Waals surface area contributed by atoms with Gasteiger partial charge in [0.05, 0.1) is 0 Å². The lowest BCUT2D eigenvalue weighted by molar-refractivity contribution is -0.157. The van der Waals surface area contributed by atoms with E-state index in [4.69, 9.17) is 0 Å². The lowest BCUT2D eigenvalue weighted by Gasteiger charge is -1.98. The third-order valence-electron chi connectivity index (χ3n) is 2.72. The molecule has 0 bridgehead atoms. The molecular weight excluding hydrogens is 420 g/mol. The number of ketones is 13. The minimum atomic E-state index is -2.77. The van der Waals surface area contributed by atoms with Gasteiger partial charge in [-0.1, -0.05) is 0 Å². The van der Waals surface area contributed by atoms with Crippen molar-refractivity contribution < 1.29 is 71.9 Å². The molecule has 0 saturated heterocycles. The van der Waals surface area contributed by atoms with Gasteiger partial charge in [-0.05, 0) is 0 Å². The molecule has 0 fully saturated rings. The molecule has 0 saturated carbocycles. The SMILES string of the molecule is O=CC(=O)C(=O)C(=O)C(=O)C(=O)C(=O)C(=O)C(=O)C(=O)C(=O)C(=O)C(=O)C(=O)C=O. The molecule has 0 rings (SSSR count). The van der Waals surface area contributed by atoms with Gasteiger partial charge in [0.1, 0.15) is 0 Å². The van der Waals surface area contributed by atoms with Gasteiger partial charge in [0.15, 0.2) is 12.6 Å². The van der Waals surface area contributed by atoms with Crippen LogP contribution in [-0.4, -0.2) is 87.8 Å². The molecule has 0 aromatic carbocycles. The van der Waals surface area contributed by atoms with Crippen LogP contribution in [-0.2, 0) is 71.9 Å². The van der Waals surface area contributed by atoms with E-state index in [9.17, 15) is 71.9 Å². The minimum absolute atomic E-state index is 0.730. The van der Waals surface area contributed by atoms with Gasteiger partial charge in [0, 0.05) is 0 Å². The van der Waals surface area contributed by atoms with Crippen LogP contribution < -0.4 is 0 Å². The highest BCUT2D eigenvalue weighted by molar-refractivity contribution is 7.05. The lowest BCUT2D eigenvalue weighted by atomic mass is 9.97. The van der Waals surface area contributed by atoms with Gasteiger partial charge in [0.2, 0.25) is 0 Å². The molecule has 0 aromatic rings. The van der Waals surface area contributed by atoms with E-state index in [0.29, 0.717) is 0 Å². The van der Waals surface area contributed by atoms with Crippen LogP contribution in [0.25, 0.3) is 0 Å². The van der Waals surface area contributed by atoms with Gasteiger partial charge in [0.25, 0.3) is 75.2 Å². The van der Waals surface area contributed by atoms with Gasteiger partial charge in [-0.25, -0.2) is 0 Å². The Labute approximate surface area is 160 Å². The van der Waals surface area contributed by atoms with Crippen LogP contribution in [0, 0.1) is 0 Å². The van der Waals surface area contributed by atoms with Crippen LogP contribution >= 0.6 is 0 Å². The molecule has 15 heteroatoms. The van der Waals surface area contributed by atoms with Crippen LogP contribution in [0.3, 0.4) is 0 Å². The standard InChI is InChI=1S/C15H2O15/c16-1-3(18)5(20)7(22)9(24)11(26)13(28)15(30)14(29)12(27)10(25)8(23)6(21)4(19)2-17/h1-2H. The van der Waals surface area contributed by atoms with Gasteiger partial charge in [-0.3, -0.25) is 71.9 Å². The molecule has 0 aliphatic heterocycles. The molecule has 0 aliphatic carbocycles. The summed E-state index contributed by atoms with van der Waals surface area (Å²) < 4.78 is 0. The second kappa shape index (κ2) is 9.83. The van der Waals surface area contributed by atoms with E-state index in [2.05, 4.69) is 0 Å². The maximum absolute atomic E-state index is 11.4. The van der Waals surface area contributed by atoms with E-state index >= 15 is 0 Å². The Morgan fingerprint density at radius 2 is 0.400 bits per heavy atom. The van der Waals surface area contributed by atoms with Crippen molar-refractivity contribution in [2.75, 3.05) is 0 Å². The summed E-state index contributed by atoms with van der Waals surface area (Å²) in [7, 11) is 0. The molecule has 0 radical (unpaired) electrons. The molecule has 0 aliphatic rings. The highest BCUT2D eigenvalue weighted by Gasteiger charge is 2.44. The molecule has 0 spiro atoms. The van der Waals surface area contributed by atoms with Crippen molar-refractivity contribution in [3.05, 3.63) is 0 Å². The normalized spacial score (nSPS) is 9.33. The van der Waals surface area contributed by atoms with Crippen molar-refractivity contribution in [3.63, 3.8) is 0 Å². The Morgan fingerprint density at radius 3 is 0.533 bits per heavy atom. The van der Waals surface area contributed by atoms with Crippen molar-refractivity contribution in [3.8, 4) is 0 Å². The molecule has 152 valence electrons. The Balaban J connectivity index is 5.52. The third-order valence-corrected chi connectivity index (χ3v) is 2.72. The number of carbonyl (C=O) groups excluding carboxylic acids is 15. The van der Waals surface area contributed by atoms with Crippen LogP contribution in [0.4, 0.5) is 0 Å². The summed E-state index contributed by atoms with van der Waals surface area (Å²) in [6.45, 7) is 0. The number of hydrogen-bond acceptors (Lipinski definition) is 15. The predicted octanol–water partition coefficient (Wildman–Crippen LogP) is -6.22. The summed E-state index contributed by atoms with van der Waals surface area (Å²) in [4.78, 5) is 165. The first-order valence-corrected chi connectivity index (χ1v) is 6.70. The first-order chi connectivity index (χ1) is 13.7. The quantitative estimate of drug-likeness (QED) is 0.143. The van der Waals surface area contributed by atoms with E-state index < -0.39 is 87.8 Å². The monoisotopic (exact) mass is 422 g/mol. The fraction of sp³-hybridized carbons (Fsp3) is 0. The molecule has 30 heavy (non-hydrogen) atoms. The minimum Gasteiger partial charge on any atom is -0.294 e. The van der Waals surface area contributed by atoms with Crippen molar-refractivity contribution in [2.24, 2.45) is 0 Å². The van der Waals surface area contributed by atoms with Crippen LogP contribution in [0.2, 0.25) is 0 Å². The van der Waals surface area contributed by atoms with Crippen LogP contribution in [0.5, 0.6) is 0 Å². The molecule has 0 aromatic heterocycles. The predicted molar refractivity (Wildman–Crippen MR) is 77.2 cm³/mol. The van der Waals surface area contributed by atoms with Gasteiger partial charge in [-0.2, -0.15) is 0 Å². The summed E-state index contributed by atoms with van der Waals surface area (Å²) in [6, 6.07) is 0. The average Bonchev–Trinajstić information content (AvgIpc) is 2.76. The zero-order chi connectivity index (χ0) is 23.9. The van der Waals surface area contributed by atoms with E-state index in [0.717, 1.165) is 0 Å². The third kappa shape index (κ3) is 5.06. The fourth-order valence-electron chi connectivity index (χ4n) is 1.26. The van der Waals surface area contributed by atoms with E-state index in [1.807, 2.05) is 0 Å². The van der Waals surface area contributed by atoms with Crippen molar-refractivity contribution in [1.82, 2.24) is 0 Å². The molecular formula is C15H2O15.